The summed E-state index contributed by atoms with van der Waals surface area (Å²) in [5.41, 5.74) is 4.55. The van der Waals surface area contributed by atoms with Crippen LogP contribution in [0, 0.1) is 17.3 Å². The molecule has 2 rings (SSSR count). The quantitative estimate of drug-likeness (QED) is 0.633. The minimum absolute atomic E-state index is 0.368. The van der Waals surface area contributed by atoms with E-state index in [0.717, 1.165) is 0 Å². The highest BCUT2D eigenvalue weighted by atomic mass is 28.3. The maximum Gasteiger partial charge on any atom is 0.295 e. The first-order chi connectivity index (χ1) is 8.39. The predicted molar refractivity (Wildman–Crippen MR) is 73.7 cm³/mol. The number of nitrogens with one attached hydrogen (secondary N) is 1. The van der Waals surface area contributed by atoms with Gasteiger partial charge in [-0.1, -0.05) is 25.6 Å². The van der Waals surface area contributed by atoms with E-state index in [1.54, 1.807) is 13.1 Å². The molecule has 94 valence electrons. The van der Waals surface area contributed by atoms with E-state index >= 15 is 0 Å². The summed E-state index contributed by atoms with van der Waals surface area (Å²) in [4.78, 5) is 4.18. The maximum absolute atomic E-state index is 13.8. The first-order valence-electron chi connectivity index (χ1n) is 5.70. The highest BCUT2D eigenvalue weighted by molar-refractivity contribution is 6.83. The topological polar surface area (TPSA) is 38.1 Å². The van der Waals surface area contributed by atoms with E-state index in [4.69, 9.17) is 4.42 Å². The van der Waals surface area contributed by atoms with Crippen LogP contribution in [0.3, 0.4) is 0 Å². The van der Waals surface area contributed by atoms with Crippen LogP contribution >= 0.6 is 0 Å². The number of halogens is 1. The molecule has 2 aromatic rings. The lowest BCUT2D eigenvalue weighted by Crippen LogP contribution is -2.16. The molecule has 1 heterocycles. The zero-order valence-corrected chi connectivity index (χ0v) is 11.9. The number of anilines is 1. The number of nitrogens with zero attached hydrogens (tertiary/aromatic N) is 1. The van der Waals surface area contributed by atoms with Gasteiger partial charge < -0.3 is 9.73 Å². The lowest BCUT2D eigenvalue weighted by atomic mass is 10.2. The van der Waals surface area contributed by atoms with Crippen LogP contribution < -0.4 is 5.32 Å². The maximum atomic E-state index is 13.8. The van der Waals surface area contributed by atoms with Crippen LogP contribution in [-0.2, 0) is 0 Å². The molecule has 0 spiro atoms. The fourth-order valence-corrected chi connectivity index (χ4v) is 1.92. The van der Waals surface area contributed by atoms with Crippen LogP contribution in [0.4, 0.5) is 10.4 Å². The minimum atomic E-state index is -1.52. The summed E-state index contributed by atoms with van der Waals surface area (Å²) >= 11 is 0. The van der Waals surface area contributed by atoms with Gasteiger partial charge in [-0.05, 0) is 6.07 Å². The molecule has 0 saturated heterocycles. The zero-order valence-electron chi connectivity index (χ0n) is 10.9. The molecule has 0 radical (unpaired) electrons. The first kappa shape index (κ1) is 12.6. The molecule has 0 aliphatic heterocycles. The Bertz CT molecular complexity index is 647. The molecule has 1 aromatic carbocycles. The zero-order chi connectivity index (χ0) is 13.3. The predicted octanol–water partition coefficient (Wildman–Crippen LogP) is 3.24. The van der Waals surface area contributed by atoms with Gasteiger partial charge in [-0.3, -0.25) is 0 Å². The Morgan fingerprint density at radius 1 is 1.33 bits per heavy atom. The van der Waals surface area contributed by atoms with E-state index in [0.29, 0.717) is 22.7 Å². The average molecular weight is 262 g/mol. The van der Waals surface area contributed by atoms with E-state index in [1.807, 2.05) is 0 Å². The summed E-state index contributed by atoms with van der Waals surface area (Å²) < 4.78 is 19.1. The molecular weight excluding hydrogens is 247 g/mol. The average Bonchev–Trinajstić information content (AvgIpc) is 2.66. The van der Waals surface area contributed by atoms with Crippen molar-refractivity contribution in [2.75, 3.05) is 12.4 Å². The molecule has 0 fully saturated rings. The Balaban J connectivity index is 2.51. The lowest BCUT2D eigenvalue weighted by Gasteiger charge is -2.03. The van der Waals surface area contributed by atoms with Gasteiger partial charge in [-0.2, -0.15) is 4.98 Å². The molecule has 0 unspecified atom stereocenters. The third-order valence-electron chi connectivity index (χ3n) is 2.26. The van der Waals surface area contributed by atoms with Crippen molar-refractivity contribution in [2.45, 2.75) is 19.6 Å². The first-order valence-corrected chi connectivity index (χ1v) is 9.20. The normalized spacial score (nSPS) is 11.2. The number of aromatic nitrogens is 1. The van der Waals surface area contributed by atoms with Crippen molar-refractivity contribution in [1.29, 1.82) is 0 Å². The standard InChI is InChI=1S/C13H15FN2OSi/c1-15-13-16-11-7-9(5-6-18(2,3)4)10(14)8-12(11)17-13/h7-8H,1-4H3,(H,15,16). The van der Waals surface area contributed by atoms with Gasteiger partial charge in [0.2, 0.25) is 0 Å². The van der Waals surface area contributed by atoms with Crippen molar-refractivity contribution in [3.63, 3.8) is 0 Å². The summed E-state index contributed by atoms with van der Waals surface area (Å²) in [7, 11) is 0.185. The number of hydrogen-bond acceptors (Lipinski definition) is 3. The summed E-state index contributed by atoms with van der Waals surface area (Å²) in [5.74, 6) is 2.54. The number of fused-ring (bicyclic) bond motifs is 1. The van der Waals surface area contributed by atoms with Crippen molar-refractivity contribution >= 4 is 25.2 Å². The van der Waals surface area contributed by atoms with Gasteiger partial charge >= 0.3 is 0 Å². The smallest absolute Gasteiger partial charge is 0.295 e. The van der Waals surface area contributed by atoms with Gasteiger partial charge in [-0.15, -0.1) is 5.54 Å². The number of benzene rings is 1. The second kappa shape index (κ2) is 4.46. The largest absolute Gasteiger partial charge is 0.423 e. The third kappa shape index (κ3) is 2.71. The van der Waals surface area contributed by atoms with Crippen molar-refractivity contribution in [3.8, 4) is 11.5 Å². The molecule has 18 heavy (non-hydrogen) atoms. The van der Waals surface area contributed by atoms with Gasteiger partial charge in [-0.25, -0.2) is 4.39 Å². The molecule has 0 bridgehead atoms. The Morgan fingerprint density at radius 3 is 2.67 bits per heavy atom. The van der Waals surface area contributed by atoms with Gasteiger partial charge in [0.05, 0.1) is 5.56 Å². The van der Waals surface area contributed by atoms with Crippen LogP contribution in [-0.4, -0.2) is 20.1 Å². The Hall–Kier alpha value is -1.80. The number of oxazole rings is 1. The molecule has 0 aliphatic rings. The van der Waals surface area contributed by atoms with E-state index in [1.165, 1.54) is 6.07 Å². The Kier molecular flexibility index (Phi) is 3.14. The van der Waals surface area contributed by atoms with Crippen LogP contribution in [0.15, 0.2) is 16.5 Å². The number of rotatable bonds is 1. The molecule has 3 nitrogen and oxygen atoms in total. The number of hydrogen-bond donors (Lipinski definition) is 1. The van der Waals surface area contributed by atoms with E-state index < -0.39 is 8.07 Å². The van der Waals surface area contributed by atoms with E-state index in [-0.39, 0.29) is 5.82 Å². The molecular formula is C13H15FN2OSi. The lowest BCUT2D eigenvalue weighted by molar-refractivity contribution is 0.601. The van der Waals surface area contributed by atoms with Crippen LogP contribution in [0.1, 0.15) is 5.56 Å². The summed E-state index contributed by atoms with van der Waals surface area (Å²) in [6, 6.07) is 3.33. The molecule has 1 aromatic heterocycles. The molecule has 0 aliphatic carbocycles. The second-order valence-corrected chi connectivity index (χ2v) is 9.82. The van der Waals surface area contributed by atoms with Crippen molar-refractivity contribution < 1.29 is 8.81 Å². The highest BCUT2D eigenvalue weighted by Gasteiger charge is 2.11. The van der Waals surface area contributed by atoms with Crippen molar-refractivity contribution in [3.05, 3.63) is 23.5 Å². The molecule has 5 heteroatoms. The van der Waals surface area contributed by atoms with E-state index in [9.17, 15) is 4.39 Å². The third-order valence-corrected chi connectivity index (χ3v) is 3.14. The Labute approximate surface area is 106 Å². The SMILES string of the molecule is CNc1nc2cc(C#C[Si](C)(C)C)c(F)cc2o1. The molecule has 0 atom stereocenters. The fraction of sp³-hybridized carbons (Fsp3) is 0.308. The van der Waals surface area contributed by atoms with E-state index in [2.05, 4.69) is 41.4 Å². The summed E-state index contributed by atoms with van der Waals surface area (Å²) in [6.45, 7) is 6.35. The fourth-order valence-electron chi connectivity index (χ4n) is 1.41. The monoisotopic (exact) mass is 262 g/mol. The Morgan fingerprint density at radius 2 is 2.06 bits per heavy atom. The summed E-state index contributed by atoms with van der Waals surface area (Å²) in [5, 5.41) is 2.78. The van der Waals surface area contributed by atoms with Crippen LogP contribution in [0.25, 0.3) is 11.1 Å². The summed E-state index contributed by atoms with van der Waals surface area (Å²) in [6.07, 6.45) is 0. The van der Waals surface area contributed by atoms with Crippen LogP contribution in [0.5, 0.6) is 0 Å². The molecule has 1 N–H and O–H groups in total. The van der Waals surface area contributed by atoms with Gasteiger partial charge in [0.1, 0.15) is 19.4 Å². The second-order valence-electron chi connectivity index (χ2n) is 5.07. The van der Waals surface area contributed by atoms with Gasteiger partial charge in [0.25, 0.3) is 6.01 Å². The van der Waals surface area contributed by atoms with Crippen molar-refractivity contribution in [1.82, 2.24) is 4.98 Å². The molecule has 0 saturated carbocycles. The minimum Gasteiger partial charge on any atom is -0.423 e. The van der Waals surface area contributed by atoms with Crippen LogP contribution in [0.2, 0.25) is 19.6 Å². The highest BCUT2D eigenvalue weighted by Crippen LogP contribution is 2.21. The van der Waals surface area contributed by atoms with Crippen molar-refractivity contribution in [2.24, 2.45) is 0 Å². The van der Waals surface area contributed by atoms with Gasteiger partial charge in [0.15, 0.2) is 5.58 Å². The molecule has 0 amide bonds. The van der Waals surface area contributed by atoms with Gasteiger partial charge in [0, 0.05) is 13.1 Å².